The number of hydrogen-bond acceptors (Lipinski definition) is 1. The van der Waals surface area contributed by atoms with Crippen molar-refractivity contribution >= 4 is 5.91 Å². The van der Waals surface area contributed by atoms with Crippen LogP contribution in [0.1, 0.15) is 40.0 Å². The molecular formula is C11H23NO. The van der Waals surface area contributed by atoms with Crippen LogP contribution in [-0.4, -0.2) is 24.4 Å². The van der Waals surface area contributed by atoms with Crippen LogP contribution in [0.5, 0.6) is 0 Å². The Bertz CT molecular complexity index is 132. The first-order valence-corrected chi connectivity index (χ1v) is 5.01. The van der Waals surface area contributed by atoms with Crippen molar-refractivity contribution < 1.29 is 4.79 Å². The number of carbonyl (C=O) groups excluding carboxylic acids is 1. The summed E-state index contributed by atoms with van der Waals surface area (Å²) in [5.74, 6) is 0.142. The second kappa shape index (κ2) is 11.2. The zero-order valence-corrected chi connectivity index (χ0v) is 9.47. The van der Waals surface area contributed by atoms with Crippen LogP contribution in [0.4, 0.5) is 0 Å². The fraction of sp³-hybridized carbons (Fsp3) is 0.727. The molecular weight excluding hydrogens is 162 g/mol. The van der Waals surface area contributed by atoms with Gasteiger partial charge in [0.05, 0.1) is 0 Å². The lowest BCUT2D eigenvalue weighted by molar-refractivity contribution is -0.127. The topological polar surface area (TPSA) is 20.3 Å². The van der Waals surface area contributed by atoms with E-state index in [0.717, 1.165) is 25.8 Å². The highest BCUT2D eigenvalue weighted by atomic mass is 16.2. The summed E-state index contributed by atoms with van der Waals surface area (Å²) in [5, 5.41) is 0. The number of rotatable bonds is 5. The smallest absolute Gasteiger partial charge is 0.219 e. The summed E-state index contributed by atoms with van der Waals surface area (Å²) in [6, 6.07) is 0. The second-order valence-corrected chi connectivity index (χ2v) is 2.73. The molecule has 0 aromatic heterocycles. The Balaban J connectivity index is 0. The molecule has 0 aromatic carbocycles. The third kappa shape index (κ3) is 11.2. The Hall–Kier alpha value is -0.790. The molecule has 0 bridgehead atoms. The molecule has 2 heteroatoms. The van der Waals surface area contributed by atoms with Gasteiger partial charge in [-0.25, -0.2) is 0 Å². The first-order valence-electron chi connectivity index (χ1n) is 5.01. The van der Waals surface area contributed by atoms with Crippen LogP contribution in [0.2, 0.25) is 0 Å². The van der Waals surface area contributed by atoms with Gasteiger partial charge in [0.1, 0.15) is 0 Å². The fourth-order valence-corrected chi connectivity index (χ4v) is 0.795. The number of allylic oxidation sites excluding steroid dienone is 1. The third-order valence-corrected chi connectivity index (χ3v) is 1.69. The lowest BCUT2D eigenvalue weighted by Crippen LogP contribution is -2.24. The first-order chi connectivity index (χ1) is 6.18. The van der Waals surface area contributed by atoms with E-state index in [1.165, 1.54) is 0 Å². The number of hydrogen-bond donors (Lipinski definition) is 0. The van der Waals surface area contributed by atoms with E-state index in [1.54, 1.807) is 11.8 Å². The highest BCUT2D eigenvalue weighted by molar-refractivity contribution is 5.72. The molecule has 0 fully saturated rings. The maximum atomic E-state index is 10.7. The standard InChI is InChI=1S/C9H17NO.C2H6/c1-4-5-6-7-8-10(3)9(2)11;1-2/h4H,1,5-8H2,2-3H3;1-2H3. The van der Waals surface area contributed by atoms with Crippen molar-refractivity contribution in [3.8, 4) is 0 Å². The Morgan fingerprint density at radius 2 is 1.92 bits per heavy atom. The Morgan fingerprint density at radius 1 is 1.38 bits per heavy atom. The van der Waals surface area contributed by atoms with Gasteiger partial charge in [-0.15, -0.1) is 6.58 Å². The van der Waals surface area contributed by atoms with E-state index in [9.17, 15) is 4.79 Å². The highest BCUT2D eigenvalue weighted by Crippen LogP contribution is 1.97. The minimum absolute atomic E-state index is 0.142. The molecule has 13 heavy (non-hydrogen) atoms. The fourth-order valence-electron chi connectivity index (χ4n) is 0.795. The van der Waals surface area contributed by atoms with E-state index >= 15 is 0 Å². The van der Waals surface area contributed by atoms with Crippen molar-refractivity contribution in [2.75, 3.05) is 13.6 Å². The van der Waals surface area contributed by atoms with Gasteiger partial charge in [0.25, 0.3) is 0 Å². The van der Waals surface area contributed by atoms with E-state index in [4.69, 9.17) is 0 Å². The summed E-state index contributed by atoms with van der Waals surface area (Å²) in [4.78, 5) is 12.5. The van der Waals surface area contributed by atoms with Crippen LogP contribution in [0.3, 0.4) is 0 Å². The van der Waals surface area contributed by atoms with Crippen molar-refractivity contribution in [2.45, 2.75) is 40.0 Å². The molecule has 0 aromatic rings. The maximum absolute atomic E-state index is 10.7. The van der Waals surface area contributed by atoms with Crippen LogP contribution >= 0.6 is 0 Å². The maximum Gasteiger partial charge on any atom is 0.219 e. The van der Waals surface area contributed by atoms with Crippen molar-refractivity contribution in [1.82, 2.24) is 4.90 Å². The van der Waals surface area contributed by atoms with Gasteiger partial charge < -0.3 is 4.90 Å². The molecule has 0 atom stereocenters. The van der Waals surface area contributed by atoms with Gasteiger partial charge in [-0.1, -0.05) is 19.9 Å². The zero-order valence-electron chi connectivity index (χ0n) is 9.47. The van der Waals surface area contributed by atoms with E-state index in [1.807, 2.05) is 27.0 Å². The number of amides is 1. The van der Waals surface area contributed by atoms with Gasteiger partial charge >= 0.3 is 0 Å². The van der Waals surface area contributed by atoms with Gasteiger partial charge in [-0.2, -0.15) is 0 Å². The van der Waals surface area contributed by atoms with E-state index in [0.29, 0.717) is 0 Å². The SMILES string of the molecule is C=CCCCCN(C)C(C)=O.CC. The van der Waals surface area contributed by atoms with Gasteiger partial charge in [0, 0.05) is 20.5 Å². The molecule has 78 valence electrons. The van der Waals surface area contributed by atoms with E-state index in [2.05, 4.69) is 6.58 Å². The average molecular weight is 185 g/mol. The Labute approximate surface area is 82.6 Å². The summed E-state index contributed by atoms with van der Waals surface area (Å²) < 4.78 is 0. The molecule has 0 heterocycles. The normalized spacial score (nSPS) is 8.31. The van der Waals surface area contributed by atoms with Crippen LogP contribution < -0.4 is 0 Å². The molecule has 0 saturated carbocycles. The lowest BCUT2D eigenvalue weighted by atomic mass is 10.2. The molecule has 0 N–H and O–H groups in total. The summed E-state index contributed by atoms with van der Waals surface area (Å²) >= 11 is 0. The van der Waals surface area contributed by atoms with Crippen molar-refractivity contribution in [2.24, 2.45) is 0 Å². The third-order valence-electron chi connectivity index (χ3n) is 1.69. The summed E-state index contributed by atoms with van der Waals surface area (Å²) in [6.45, 7) is 10.1. The molecule has 0 rings (SSSR count). The Kier molecular flexibility index (Phi) is 12.7. The van der Waals surface area contributed by atoms with Crippen LogP contribution in [-0.2, 0) is 4.79 Å². The van der Waals surface area contributed by atoms with E-state index in [-0.39, 0.29) is 5.91 Å². The average Bonchev–Trinajstić information content (AvgIpc) is 2.15. The van der Waals surface area contributed by atoms with Crippen molar-refractivity contribution in [3.05, 3.63) is 12.7 Å². The molecule has 0 aliphatic carbocycles. The molecule has 0 aliphatic heterocycles. The lowest BCUT2D eigenvalue weighted by Gasteiger charge is -2.13. The first kappa shape index (κ1) is 14.7. The Morgan fingerprint density at radius 3 is 2.31 bits per heavy atom. The number of unbranched alkanes of at least 4 members (excludes halogenated alkanes) is 2. The summed E-state index contributed by atoms with van der Waals surface area (Å²) in [6.07, 6.45) is 5.16. The largest absolute Gasteiger partial charge is 0.346 e. The van der Waals surface area contributed by atoms with Crippen molar-refractivity contribution in [1.29, 1.82) is 0 Å². The molecule has 0 radical (unpaired) electrons. The highest BCUT2D eigenvalue weighted by Gasteiger charge is 1.99. The molecule has 1 amide bonds. The van der Waals surface area contributed by atoms with Gasteiger partial charge in [0.2, 0.25) is 5.91 Å². The number of nitrogens with zero attached hydrogens (tertiary/aromatic N) is 1. The number of carbonyl (C=O) groups is 1. The van der Waals surface area contributed by atoms with Gasteiger partial charge in [-0.3, -0.25) is 4.79 Å². The summed E-state index contributed by atoms with van der Waals surface area (Å²) in [7, 11) is 1.83. The van der Waals surface area contributed by atoms with Crippen LogP contribution in [0.25, 0.3) is 0 Å². The molecule has 0 aliphatic rings. The van der Waals surface area contributed by atoms with Gasteiger partial charge in [0.15, 0.2) is 0 Å². The van der Waals surface area contributed by atoms with Crippen LogP contribution in [0, 0.1) is 0 Å². The summed E-state index contributed by atoms with van der Waals surface area (Å²) in [5.41, 5.74) is 0. The molecule has 0 spiro atoms. The van der Waals surface area contributed by atoms with E-state index < -0.39 is 0 Å². The van der Waals surface area contributed by atoms with Crippen LogP contribution in [0.15, 0.2) is 12.7 Å². The predicted molar refractivity (Wildman–Crippen MR) is 58.7 cm³/mol. The van der Waals surface area contributed by atoms with Crippen molar-refractivity contribution in [3.63, 3.8) is 0 Å². The second-order valence-electron chi connectivity index (χ2n) is 2.73. The predicted octanol–water partition coefficient (Wildman–Crippen LogP) is 2.85. The minimum Gasteiger partial charge on any atom is -0.346 e. The monoisotopic (exact) mass is 185 g/mol. The molecule has 0 saturated heterocycles. The molecule has 0 unspecified atom stereocenters. The molecule has 2 nitrogen and oxygen atoms in total. The van der Waals surface area contributed by atoms with Gasteiger partial charge in [-0.05, 0) is 19.3 Å². The zero-order chi connectivity index (χ0) is 10.7. The minimum atomic E-state index is 0.142. The quantitative estimate of drug-likeness (QED) is 0.476.